The second-order valence-electron chi connectivity index (χ2n) is 6.40. The van der Waals surface area contributed by atoms with Crippen LogP contribution in [-0.4, -0.2) is 28.4 Å². The van der Waals surface area contributed by atoms with E-state index >= 15 is 0 Å². The van der Waals surface area contributed by atoms with Crippen molar-refractivity contribution in [1.29, 1.82) is 10.7 Å². The number of hydrogen-bond acceptors (Lipinski definition) is 4. The number of hydrogen-bond donors (Lipinski definition) is 5. The third-order valence-corrected chi connectivity index (χ3v) is 4.75. The van der Waals surface area contributed by atoms with Gasteiger partial charge in [0.25, 0.3) is 0 Å². The summed E-state index contributed by atoms with van der Waals surface area (Å²) in [5.74, 6) is 0.369. The first-order valence-corrected chi connectivity index (χ1v) is 8.33. The maximum absolute atomic E-state index is 12.6. The van der Waals surface area contributed by atoms with Crippen LogP contribution in [0.3, 0.4) is 0 Å². The number of nitrogens with two attached hydrogens (primary N) is 1. The average Bonchev–Trinajstić information content (AvgIpc) is 3.04. The Morgan fingerprint density at radius 3 is 2.88 bits per heavy atom. The van der Waals surface area contributed by atoms with Crippen molar-refractivity contribution in [2.75, 3.05) is 11.9 Å². The highest BCUT2D eigenvalue weighted by Gasteiger charge is 2.27. The van der Waals surface area contributed by atoms with Crippen LogP contribution in [0, 0.1) is 28.6 Å². The Morgan fingerprint density at radius 2 is 2.20 bits per heavy atom. The monoisotopic (exact) mass is 339 g/mol. The molecule has 0 aliphatic heterocycles. The molecule has 8 heteroatoms. The molecule has 2 heterocycles. The molecule has 3 rings (SSSR count). The first-order valence-electron chi connectivity index (χ1n) is 8.33. The number of carbonyl (C=O) groups excluding carboxylic acids is 1. The van der Waals surface area contributed by atoms with Crippen LogP contribution in [0.25, 0.3) is 11.0 Å². The summed E-state index contributed by atoms with van der Waals surface area (Å²) in [4.78, 5) is 19.7. The van der Waals surface area contributed by atoms with Crippen LogP contribution in [-0.2, 0) is 4.79 Å². The molecule has 8 nitrogen and oxygen atoms in total. The molecular formula is C17H21N7O. The minimum Gasteiger partial charge on any atom is -0.370 e. The summed E-state index contributed by atoms with van der Waals surface area (Å²) in [5, 5.41) is 22.9. The van der Waals surface area contributed by atoms with Crippen molar-refractivity contribution in [3.05, 3.63) is 24.0 Å². The van der Waals surface area contributed by atoms with Crippen molar-refractivity contribution in [3.63, 3.8) is 0 Å². The Hall–Kier alpha value is -3.08. The highest BCUT2D eigenvalue weighted by atomic mass is 16.1. The molecule has 0 atom stereocenters. The first kappa shape index (κ1) is 16.8. The number of amides is 1. The van der Waals surface area contributed by atoms with Gasteiger partial charge in [0, 0.05) is 24.9 Å². The molecule has 6 N–H and O–H groups in total. The zero-order chi connectivity index (χ0) is 17.8. The van der Waals surface area contributed by atoms with Gasteiger partial charge in [-0.15, -0.1) is 0 Å². The van der Waals surface area contributed by atoms with Crippen molar-refractivity contribution >= 4 is 28.6 Å². The zero-order valence-electron chi connectivity index (χ0n) is 13.8. The fourth-order valence-electron chi connectivity index (χ4n) is 3.37. The lowest BCUT2D eigenvalue weighted by Gasteiger charge is -2.28. The summed E-state index contributed by atoms with van der Waals surface area (Å²) in [6, 6.07) is 3.83. The lowest BCUT2D eigenvalue weighted by atomic mass is 9.81. The van der Waals surface area contributed by atoms with E-state index in [0.717, 1.165) is 25.7 Å². The lowest BCUT2D eigenvalue weighted by Crippen LogP contribution is -2.36. The number of pyridine rings is 1. The van der Waals surface area contributed by atoms with Crippen molar-refractivity contribution < 1.29 is 4.79 Å². The molecule has 1 aliphatic rings. The minimum atomic E-state index is -0.0405. The molecule has 1 amide bonds. The van der Waals surface area contributed by atoms with Crippen LogP contribution in [0.2, 0.25) is 0 Å². The fourth-order valence-corrected chi connectivity index (χ4v) is 3.37. The van der Waals surface area contributed by atoms with Gasteiger partial charge in [0.15, 0.2) is 5.96 Å². The molecule has 0 spiro atoms. The summed E-state index contributed by atoms with van der Waals surface area (Å²) in [7, 11) is 0. The van der Waals surface area contributed by atoms with Gasteiger partial charge < -0.3 is 21.4 Å². The number of nitriles is 1. The van der Waals surface area contributed by atoms with Gasteiger partial charge in [-0.1, -0.05) is 0 Å². The molecular weight excluding hydrogens is 318 g/mol. The molecule has 130 valence electrons. The summed E-state index contributed by atoms with van der Waals surface area (Å²) in [6.45, 7) is 0.684. The third-order valence-electron chi connectivity index (χ3n) is 4.75. The molecule has 1 fully saturated rings. The van der Waals surface area contributed by atoms with Crippen molar-refractivity contribution in [3.8, 4) is 6.07 Å². The maximum Gasteiger partial charge on any atom is 0.227 e. The van der Waals surface area contributed by atoms with Gasteiger partial charge in [0.1, 0.15) is 11.7 Å². The van der Waals surface area contributed by atoms with E-state index in [1.165, 1.54) is 0 Å². The standard InChI is InChI=1S/C17H21N7O/c18-7-12-9-22-15-14(12)13(5-6-21-15)24-16(25)11-3-1-10(2-4-11)8-23-17(19)20/h5-6,9-11H,1-4,8H2,(H4,19,20,23)(H2,21,22,24,25)/t10-,11-. The number of anilines is 1. The van der Waals surface area contributed by atoms with Crippen LogP contribution in [0.5, 0.6) is 0 Å². The third kappa shape index (κ3) is 3.71. The second kappa shape index (κ2) is 7.21. The van der Waals surface area contributed by atoms with Gasteiger partial charge in [-0.05, 0) is 37.7 Å². The van der Waals surface area contributed by atoms with Gasteiger partial charge in [-0.3, -0.25) is 10.2 Å². The molecule has 25 heavy (non-hydrogen) atoms. The van der Waals surface area contributed by atoms with Gasteiger partial charge >= 0.3 is 0 Å². The highest BCUT2D eigenvalue weighted by Crippen LogP contribution is 2.31. The Kier molecular flexibility index (Phi) is 4.84. The van der Waals surface area contributed by atoms with Crippen molar-refractivity contribution in [1.82, 2.24) is 15.3 Å². The van der Waals surface area contributed by atoms with E-state index in [9.17, 15) is 10.1 Å². The topological polar surface area (TPSA) is 143 Å². The predicted octanol–water partition coefficient (Wildman–Crippen LogP) is 1.66. The van der Waals surface area contributed by atoms with E-state index in [1.807, 2.05) is 0 Å². The minimum absolute atomic E-state index is 0.0126. The number of fused-ring (bicyclic) bond motifs is 1. The first-order chi connectivity index (χ1) is 12.1. The Balaban J connectivity index is 1.63. The summed E-state index contributed by atoms with van der Waals surface area (Å²) in [5.41, 5.74) is 6.99. The van der Waals surface area contributed by atoms with E-state index in [0.29, 0.717) is 34.7 Å². The Labute approximate surface area is 145 Å². The van der Waals surface area contributed by atoms with Crippen LogP contribution in [0.4, 0.5) is 5.69 Å². The van der Waals surface area contributed by atoms with E-state index in [-0.39, 0.29) is 17.8 Å². The molecule has 2 aromatic heterocycles. The number of aromatic amines is 1. The van der Waals surface area contributed by atoms with Crippen LogP contribution >= 0.6 is 0 Å². The number of nitrogens with zero attached hydrogens (tertiary/aromatic N) is 2. The SMILES string of the molecule is N#Cc1c[nH]c2nccc(NC(=O)[C@H]3CC[C@H](CNC(=N)N)CC3)c12. The maximum atomic E-state index is 12.6. The largest absolute Gasteiger partial charge is 0.370 e. The van der Waals surface area contributed by atoms with Gasteiger partial charge in [0.2, 0.25) is 5.91 Å². The average molecular weight is 339 g/mol. The number of nitrogens with one attached hydrogen (secondary N) is 4. The zero-order valence-corrected chi connectivity index (χ0v) is 13.8. The summed E-state index contributed by atoms with van der Waals surface area (Å²) < 4.78 is 0. The lowest BCUT2D eigenvalue weighted by molar-refractivity contribution is -0.121. The number of carbonyl (C=O) groups is 1. The van der Waals surface area contributed by atoms with Gasteiger partial charge in [-0.2, -0.15) is 5.26 Å². The second-order valence-corrected chi connectivity index (χ2v) is 6.40. The number of guanidine groups is 1. The van der Waals surface area contributed by atoms with Gasteiger partial charge in [-0.25, -0.2) is 4.98 Å². The molecule has 0 saturated heterocycles. The quantitative estimate of drug-likeness (QED) is 0.425. The van der Waals surface area contributed by atoms with E-state index in [1.54, 1.807) is 18.5 Å². The van der Waals surface area contributed by atoms with Crippen LogP contribution in [0.1, 0.15) is 31.2 Å². The molecule has 0 aromatic carbocycles. The Morgan fingerprint density at radius 1 is 1.44 bits per heavy atom. The normalized spacial score (nSPS) is 20.0. The summed E-state index contributed by atoms with van der Waals surface area (Å²) in [6.07, 6.45) is 6.68. The number of rotatable bonds is 4. The highest BCUT2D eigenvalue weighted by molar-refractivity contribution is 6.03. The van der Waals surface area contributed by atoms with Crippen LogP contribution < -0.4 is 16.4 Å². The molecule has 0 bridgehead atoms. The molecule has 1 aliphatic carbocycles. The number of H-pyrrole nitrogens is 1. The van der Waals surface area contributed by atoms with E-state index < -0.39 is 0 Å². The number of aromatic nitrogens is 2. The van der Waals surface area contributed by atoms with Crippen LogP contribution in [0.15, 0.2) is 18.5 Å². The smallest absolute Gasteiger partial charge is 0.227 e. The van der Waals surface area contributed by atoms with E-state index in [4.69, 9.17) is 11.1 Å². The predicted molar refractivity (Wildman–Crippen MR) is 94.8 cm³/mol. The van der Waals surface area contributed by atoms with Gasteiger partial charge in [0.05, 0.1) is 16.6 Å². The fraction of sp³-hybridized carbons (Fsp3) is 0.412. The van der Waals surface area contributed by atoms with E-state index in [2.05, 4.69) is 26.7 Å². The molecule has 1 saturated carbocycles. The molecule has 2 aromatic rings. The Bertz CT molecular complexity index is 827. The van der Waals surface area contributed by atoms with Crippen molar-refractivity contribution in [2.24, 2.45) is 17.6 Å². The molecule has 0 radical (unpaired) electrons. The van der Waals surface area contributed by atoms with Crippen molar-refractivity contribution in [2.45, 2.75) is 25.7 Å². The molecule has 0 unspecified atom stereocenters. The summed E-state index contributed by atoms with van der Waals surface area (Å²) >= 11 is 0.